The van der Waals surface area contributed by atoms with Crippen LogP contribution in [-0.2, 0) is 38.1 Å². The van der Waals surface area contributed by atoms with Gasteiger partial charge in [-0.05, 0) is 25.2 Å². The molecule has 2 saturated carbocycles. The van der Waals surface area contributed by atoms with Gasteiger partial charge in [-0.25, -0.2) is 14.4 Å². The molecule has 4 rings (SSSR count). The second-order valence-corrected chi connectivity index (χ2v) is 6.84. The van der Waals surface area contributed by atoms with Gasteiger partial charge in [0.25, 0.3) is 0 Å². The summed E-state index contributed by atoms with van der Waals surface area (Å²) >= 11 is 0. The Bertz CT molecular complexity index is 612. The summed E-state index contributed by atoms with van der Waals surface area (Å²) in [6.45, 7) is 2.03. The molecule has 8 nitrogen and oxygen atoms in total. The van der Waals surface area contributed by atoms with Gasteiger partial charge in [-0.2, -0.15) is 0 Å². The van der Waals surface area contributed by atoms with Gasteiger partial charge in [-0.1, -0.05) is 6.58 Å². The third-order valence-corrected chi connectivity index (χ3v) is 4.89. The Morgan fingerprint density at radius 2 is 1.88 bits per heavy atom. The van der Waals surface area contributed by atoms with E-state index in [0.29, 0.717) is 25.2 Å². The minimum Gasteiger partial charge on any atom is -0.462 e. The van der Waals surface area contributed by atoms with Gasteiger partial charge in [-0.15, -0.1) is 0 Å². The molecule has 2 aliphatic carbocycles. The van der Waals surface area contributed by atoms with Gasteiger partial charge in [0.05, 0.1) is 5.92 Å². The highest BCUT2D eigenvalue weighted by Crippen LogP contribution is 2.51. The van der Waals surface area contributed by atoms with Crippen LogP contribution in [0.2, 0.25) is 0 Å². The van der Waals surface area contributed by atoms with Crippen LogP contribution in [0.4, 0.5) is 0 Å². The number of ether oxygens (including phenoxy) is 4. The number of hydrogen-bond donors (Lipinski definition) is 0. The Kier molecular flexibility index (Phi) is 4.78. The van der Waals surface area contributed by atoms with Crippen LogP contribution in [0.5, 0.6) is 0 Å². The molecule has 0 radical (unpaired) electrons. The van der Waals surface area contributed by atoms with Crippen molar-refractivity contribution in [2.45, 2.75) is 43.8 Å². The van der Waals surface area contributed by atoms with Gasteiger partial charge >= 0.3 is 23.9 Å². The first kappa shape index (κ1) is 17.4. The first-order valence-corrected chi connectivity index (χ1v) is 8.26. The van der Waals surface area contributed by atoms with Crippen molar-refractivity contribution in [1.82, 2.24) is 0 Å². The van der Waals surface area contributed by atoms with Crippen molar-refractivity contribution in [3.8, 4) is 0 Å². The highest BCUT2D eigenvalue weighted by molar-refractivity contribution is 5.84. The number of fused-ring (bicyclic) bond motifs is 1. The zero-order valence-electron chi connectivity index (χ0n) is 13.7. The minimum atomic E-state index is -0.853. The smallest absolute Gasteiger partial charge is 0.344 e. The molecule has 2 aliphatic heterocycles. The Hall–Kier alpha value is -2.38. The summed E-state index contributed by atoms with van der Waals surface area (Å²) in [5.41, 5.74) is -0.721. The molecule has 4 aliphatic rings. The van der Waals surface area contributed by atoms with E-state index in [4.69, 9.17) is 14.2 Å². The third kappa shape index (κ3) is 4.00. The lowest BCUT2D eigenvalue weighted by Crippen LogP contribution is -2.48. The Morgan fingerprint density at radius 3 is 2.64 bits per heavy atom. The number of rotatable bonds is 6. The van der Waals surface area contributed by atoms with Crippen molar-refractivity contribution in [2.75, 3.05) is 13.2 Å². The molecule has 4 unspecified atom stereocenters. The maximum absolute atomic E-state index is 12.1. The molecule has 0 aromatic carbocycles. The van der Waals surface area contributed by atoms with Crippen LogP contribution >= 0.6 is 0 Å². The van der Waals surface area contributed by atoms with Crippen molar-refractivity contribution in [1.29, 1.82) is 0 Å². The average molecular weight is 352 g/mol. The lowest BCUT2D eigenvalue weighted by atomic mass is 9.65. The molecule has 0 spiro atoms. The van der Waals surface area contributed by atoms with Crippen LogP contribution < -0.4 is 0 Å². The summed E-state index contributed by atoms with van der Waals surface area (Å²) in [5.74, 6) is -2.43. The van der Waals surface area contributed by atoms with Gasteiger partial charge in [-0.3, -0.25) is 4.79 Å². The topological polar surface area (TPSA) is 105 Å². The van der Waals surface area contributed by atoms with E-state index in [1.54, 1.807) is 0 Å². The molecule has 2 saturated heterocycles. The van der Waals surface area contributed by atoms with Crippen LogP contribution in [0.3, 0.4) is 0 Å². The molecule has 4 atom stereocenters. The molecule has 0 aromatic heterocycles. The molecule has 8 heteroatoms. The van der Waals surface area contributed by atoms with Crippen LogP contribution in [0, 0.1) is 11.8 Å². The van der Waals surface area contributed by atoms with Crippen molar-refractivity contribution in [2.24, 2.45) is 11.8 Å². The number of carbonyl (C=O) groups excluding carboxylic acids is 4. The number of esters is 4. The second kappa shape index (κ2) is 6.85. The minimum absolute atomic E-state index is 0.208. The fraction of sp³-hybridized carbons (Fsp3) is 0.647. The average Bonchev–Trinajstić information content (AvgIpc) is 2.71. The molecule has 4 bridgehead atoms. The fourth-order valence-corrected chi connectivity index (χ4v) is 4.14. The summed E-state index contributed by atoms with van der Waals surface area (Å²) in [6, 6.07) is 0. The van der Waals surface area contributed by atoms with E-state index in [2.05, 4.69) is 11.3 Å². The summed E-state index contributed by atoms with van der Waals surface area (Å²) in [6.07, 6.45) is 3.93. The Labute approximate surface area is 144 Å². The van der Waals surface area contributed by atoms with E-state index in [9.17, 15) is 19.2 Å². The number of hydrogen-bond acceptors (Lipinski definition) is 8. The van der Waals surface area contributed by atoms with Gasteiger partial charge in [0.2, 0.25) is 0 Å². The van der Waals surface area contributed by atoms with Crippen LogP contribution in [0.25, 0.3) is 0 Å². The quantitative estimate of drug-likeness (QED) is 0.390. The summed E-state index contributed by atoms with van der Waals surface area (Å²) < 4.78 is 20.3. The SMILES string of the molecule is C=CC(=O)OCC(=O)OCC(=O)OC12CC3CC(C1)OC(=O)C(C3)C2. The van der Waals surface area contributed by atoms with E-state index >= 15 is 0 Å². The largest absolute Gasteiger partial charge is 0.462 e. The molecular weight excluding hydrogens is 332 g/mol. The molecule has 0 aromatic rings. The molecule has 4 fully saturated rings. The monoisotopic (exact) mass is 352 g/mol. The van der Waals surface area contributed by atoms with Gasteiger partial charge in [0.1, 0.15) is 11.7 Å². The number of carbonyl (C=O) groups is 4. The second-order valence-electron chi connectivity index (χ2n) is 6.84. The van der Waals surface area contributed by atoms with E-state index in [0.717, 1.165) is 18.9 Å². The molecule has 25 heavy (non-hydrogen) atoms. The molecule has 0 N–H and O–H groups in total. The normalized spacial score (nSPS) is 32.3. The lowest BCUT2D eigenvalue weighted by molar-refractivity contribution is -0.182. The maximum Gasteiger partial charge on any atom is 0.344 e. The first-order chi connectivity index (χ1) is 11.9. The third-order valence-electron chi connectivity index (χ3n) is 4.89. The van der Waals surface area contributed by atoms with E-state index in [1.807, 2.05) is 0 Å². The van der Waals surface area contributed by atoms with Crippen molar-refractivity contribution in [3.05, 3.63) is 12.7 Å². The van der Waals surface area contributed by atoms with Crippen LogP contribution in [0.1, 0.15) is 32.1 Å². The van der Waals surface area contributed by atoms with Crippen molar-refractivity contribution in [3.63, 3.8) is 0 Å². The lowest BCUT2D eigenvalue weighted by Gasteiger charge is -2.45. The van der Waals surface area contributed by atoms with Gasteiger partial charge in [0.15, 0.2) is 13.2 Å². The molecule has 0 amide bonds. The highest BCUT2D eigenvalue weighted by Gasteiger charge is 2.54. The summed E-state index contributed by atoms with van der Waals surface area (Å²) in [4.78, 5) is 46.3. The van der Waals surface area contributed by atoms with Gasteiger partial charge < -0.3 is 18.9 Å². The summed E-state index contributed by atoms with van der Waals surface area (Å²) in [5, 5.41) is 0. The van der Waals surface area contributed by atoms with E-state index in [-0.39, 0.29) is 18.0 Å². The van der Waals surface area contributed by atoms with Gasteiger partial charge in [0, 0.05) is 18.9 Å². The Balaban J connectivity index is 1.51. The van der Waals surface area contributed by atoms with Crippen molar-refractivity contribution >= 4 is 23.9 Å². The molecule has 2 heterocycles. The molecular formula is C17H20O8. The van der Waals surface area contributed by atoms with Crippen LogP contribution in [0.15, 0.2) is 12.7 Å². The zero-order chi connectivity index (χ0) is 18.0. The van der Waals surface area contributed by atoms with E-state index in [1.165, 1.54) is 0 Å². The predicted octanol–water partition coefficient (Wildman–Crippen LogP) is 0.676. The maximum atomic E-state index is 12.1. The standard InChI is InChI=1S/C17H20O8/c1-2-13(18)22-8-14(19)23-9-15(20)25-17-5-10-3-11(6-17)16(21)24-12(4-10)7-17/h2,10-12H,1,3-9H2. The van der Waals surface area contributed by atoms with Crippen LogP contribution in [-0.4, -0.2) is 48.8 Å². The molecule has 136 valence electrons. The van der Waals surface area contributed by atoms with E-state index < -0.39 is 36.7 Å². The summed E-state index contributed by atoms with van der Waals surface area (Å²) in [7, 11) is 0. The Morgan fingerprint density at radius 1 is 1.12 bits per heavy atom. The zero-order valence-corrected chi connectivity index (χ0v) is 13.7. The van der Waals surface area contributed by atoms with Crippen molar-refractivity contribution < 1.29 is 38.1 Å². The highest BCUT2D eigenvalue weighted by atomic mass is 16.6. The predicted molar refractivity (Wildman–Crippen MR) is 80.9 cm³/mol. The first-order valence-electron chi connectivity index (χ1n) is 8.26. The fourth-order valence-electron chi connectivity index (χ4n) is 4.14.